The molecule has 0 amide bonds. The molecule has 96 valence electrons. The minimum atomic E-state index is 0.941. The lowest BCUT2D eigenvalue weighted by atomic mass is 9.98. The average molecular weight is 242 g/mol. The molecule has 0 aromatic carbocycles. The maximum Gasteiger partial charge on any atom is -0.00419 e. The van der Waals surface area contributed by atoms with Gasteiger partial charge in [-0.05, 0) is 29.8 Å². The quantitative estimate of drug-likeness (QED) is 0.480. The topological polar surface area (TPSA) is 0 Å². The van der Waals surface area contributed by atoms with E-state index in [0.29, 0.717) is 0 Å². The summed E-state index contributed by atoms with van der Waals surface area (Å²) in [6.45, 7) is 4.68. The van der Waals surface area contributed by atoms with Gasteiger partial charge in [-0.2, -0.15) is 11.8 Å². The fourth-order valence-electron chi connectivity index (χ4n) is 2.80. The summed E-state index contributed by atoms with van der Waals surface area (Å²) in [5, 5.41) is 0. The van der Waals surface area contributed by atoms with Gasteiger partial charge in [-0.15, -0.1) is 0 Å². The molecule has 0 aliphatic heterocycles. The molecule has 1 aliphatic carbocycles. The fraction of sp³-hybridized carbons (Fsp3) is 1.00. The first kappa shape index (κ1) is 14.4. The van der Waals surface area contributed by atoms with E-state index in [2.05, 4.69) is 25.6 Å². The van der Waals surface area contributed by atoms with Crippen molar-refractivity contribution >= 4 is 11.8 Å². The Kier molecular flexibility index (Phi) is 8.46. The number of rotatable bonds is 9. The van der Waals surface area contributed by atoms with Gasteiger partial charge in [0.25, 0.3) is 0 Å². The molecule has 0 spiro atoms. The summed E-state index contributed by atoms with van der Waals surface area (Å²) >= 11 is 2.10. The second-order valence-corrected chi connectivity index (χ2v) is 6.87. The Labute approximate surface area is 107 Å². The maximum atomic E-state index is 2.42. The smallest absolute Gasteiger partial charge is 0.00419 e. The zero-order valence-electron chi connectivity index (χ0n) is 11.3. The Morgan fingerprint density at radius 2 is 1.88 bits per heavy atom. The number of hydrogen-bond donors (Lipinski definition) is 0. The standard InChI is InChI=1S/C15H30S/c1-3-16-13-14(2)9-5-4-6-10-15-11-7-8-12-15/h14-15H,3-13H2,1-2H3. The van der Waals surface area contributed by atoms with Gasteiger partial charge in [0.1, 0.15) is 0 Å². The third-order valence-corrected chi connectivity index (χ3v) is 5.10. The Hall–Kier alpha value is 0.350. The van der Waals surface area contributed by atoms with Crippen molar-refractivity contribution in [3.05, 3.63) is 0 Å². The summed E-state index contributed by atoms with van der Waals surface area (Å²) in [6, 6.07) is 0. The number of unbranched alkanes of at least 4 members (excludes halogenated alkanes) is 2. The predicted molar refractivity (Wildman–Crippen MR) is 77.2 cm³/mol. The maximum absolute atomic E-state index is 2.42. The van der Waals surface area contributed by atoms with Crippen LogP contribution in [-0.2, 0) is 0 Å². The number of hydrogen-bond acceptors (Lipinski definition) is 1. The van der Waals surface area contributed by atoms with E-state index in [1.807, 2.05) is 0 Å². The van der Waals surface area contributed by atoms with Crippen LogP contribution in [0.3, 0.4) is 0 Å². The summed E-state index contributed by atoms with van der Waals surface area (Å²) in [4.78, 5) is 0. The van der Waals surface area contributed by atoms with Crippen LogP contribution in [0.5, 0.6) is 0 Å². The van der Waals surface area contributed by atoms with Crippen LogP contribution in [-0.4, -0.2) is 11.5 Å². The molecular formula is C15H30S. The normalized spacial score (nSPS) is 19.1. The molecule has 1 saturated carbocycles. The molecule has 1 atom stereocenters. The molecule has 1 unspecified atom stereocenters. The monoisotopic (exact) mass is 242 g/mol. The zero-order chi connectivity index (χ0) is 11.6. The van der Waals surface area contributed by atoms with Crippen molar-refractivity contribution in [2.24, 2.45) is 11.8 Å². The molecule has 1 aliphatic rings. The Balaban J connectivity index is 1.83. The van der Waals surface area contributed by atoms with Crippen LogP contribution in [0.15, 0.2) is 0 Å². The van der Waals surface area contributed by atoms with Crippen molar-refractivity contribution < 1.29 is 0 Å². The van der Waals surface area contributed by atoms with Crippen molar-refractivity contribution in [3.8, 4) is 0 Å². The van der Waals surface area contributed by atoms with E-state index < -0.39 is 0 Å². The highest BCUT2D eigenvalue weighted by atomic mass is 32.2. The summed E-state index contributed by atoms with van der Waals surface area (Å²) in [6.07, 6.45) is 13.5. The average Bonchev–Trinajstić information content (AvgIpc) is 2.79. The molecule has 1 fully saturated rings. The highest BCUT2D eigenvalue weighted by Gasteiger charge is 2.13. The second kappa shape index (κ2) is 9.39. The van der Waals surface area contributed by atoms with Gasteiger partial charge in [0.15, 0.2) is 0 Å². The third-order valence-electron chi connectivity index (χ3n) is 3.89. The number of thioether (sulfide) groups is 1. The molecule has 0 bridgehead atoms. The summed E-state index contributed by atoms with van der Waals surface area (Å²) in [5.41, 5.74) is 0. The Bertz CT molecular complexity index is 150. The van der Waals surface area contributed by atoms with Crippen molar-refractivity contribution in [2.75, 3.05) is 11.5 Å². The van der Waals surface area contributed by atoms with Crippen molar-refractivity contribution in [2.45, 2.75) is 71.6 Å². The van der Waals surface area contributed by atoms with Crippen LogP contribution in [0, 0.1) is 11.8 Å². The van der Waals surface area contributed by atoms with Gasteiger partial charge in [0, 0.05) is 0 Å². The molecule has 0 saturated heterocycles. The summed E-state index contributed by atoms with van der Waals surface area (Å²) in [7, 11) is 0. The van der Waals surface area contributed by atoms with E-state index in [1.54, 1.807) is 0 Å². The van der Waals surface area contributed by atoms with E-state index in [1.165, 1.54) is 69.3 Å². The highest BCUT2D eigenvalue weighted by molar-refractivity contribution is 7.99. The fourth-order valence-corrected chi connectivity index (χ4v) is 3.61. The minimum Gasteiger partial charge on any atom is -0.162 e. The molecule has 0 radical (unpaired) electrons. The van der Waals surface area contributed by atoms with Crippen molar-refractivity contribution in [3.63, 3.8) is 0 Å². The first-order valence-electron chi connectivity index (χ1n) is 7.40. The van der Waals surface area contributed by atoms with E-state index in [0.717, 1.165) is 11.8 Å². The van der Waals surface area contributed by atoms with Crippen LogP contribution in [0.25, 0.3) is 0 Å². The minimum absolute atomic E-state index is 0.941. The lowest BCUT2D eigenvalue weighted by molar-refractivity contribution is 0.452. The molecule has 0 N–H and O–H groups in total. The molecular weight excluding hydrogens is 212 g/mol. The van der Waals surface area contributed by atoms with Crippen molar-refractivity contribution in [1.29, 1.82) is 0 Å². The Morgan fingerprint density at radius 1 is 1.12 bits per heavy atom. The van der Waals surface area contributed by atoms with Crippen LogP contribution in [0.1, 0.15) is 71.6 Å². The van der Waals surface area contributed by atoms with Crippen LogP contribution in [0.2, 0.25) is 0 Å². The molecule has 0 heterocycles. The molecule has 0 aromatic heterocycles. The largest absolute Gasteiger partial charge is 0.162 e. The van der Waals surface area contributed by atoms with E-state index in [9.17, 15) is 0 Å². The van der Waals surface area contributed by atoms with Crippen LogP contribution in [0.4, 0.5) is 0 Å². The highest BCUT2D eigenvalue weighted by Crippen LogP contribution is 2.29. The lowest BCUT2D eigenvalue weighted by Gasteiger charge is -2.11. The first-order chi connectivity index (χ1) is 7.83. The van der Waals surface area contributed by atoms with E-state index >= 15 is 0 Å². The summed E-state index contributed by atoms with van der Waals surface area (Å²) < 4.78 is 0. The summed E-state index contributed by atoms with van der Waals surface area (Å²) in [5.74, 6) is 4.70. The zero-order valence-corrected chi connectivity index (χ0v) is 12.2. The van der Waals surface area contributed by atoms with Gasteiger partial charge in [-0.1, -0.05) is 65.2 Å². The van der Waals surface area contributed by atoms with Gasteiger partial charge >= 0.3 is 0 Å². The van der Waals surface area contributed by atoms with E-state index in [4.69, 9.17) is 0 Å². The van der Waals surface area contributed by atoms with E-state index in [-0.39, 0.29) is 0 Å². The molecule has 1 heteroatoms. The van der Waals surface area contributed by atoms with Crippen LogP contribution >= 0.6 is 11.8 Å². The molecule has 1 rings (SSSR count). The van der Waals surface area contributed by atoms with Gasteiger partial charge in [0.05, 0.1) is 0 Å². The molecule has 0 aromatic rings. The molecule has 0 nitrogen and oxygen atoms in total. The third kappa shape index (κ3) is 6.83. The van der Waals surface area contributed by atoms with Gasteiger partial charge < -0.3 is 0 Å². The van der Waals surface area contributed by atoms with Crippen molar-refractivity contribution in [1.82, 2.24) is 0 Å². The van der Waals surface area contributed by atoms with Gasteiger partial charge in [0.2, 0.25) is 0 Å². The Morgan fingerprint density at radius 3 is 2.56 bits per heavy atom. The predicted octanol–water partition coefficient (Wildman–Crippen LogP) is 5.52. The van der Waals surface area contributed by atoms with Gasteiger partial charge in [-0.3, -0.25) is 0 Å². The van der Waals surface area contributed by atoms with Crippen LogP contribution < -0.4 is 0 Å². The lowest BCUT2D eigenvalue weighted by Crippen LogP contribution is -1.99. The first-order valence-corrected chi connectivity index (χ1v) is 8.56. The van der Waals surface area contributed by atoms with Gasteiger partial charge in [-0.25, -0.2) is 0 Å². The second-order valence-electron chi connectivity index (χ2n) is 5.55. The molecule has 16 heavy (non-hydrogen) atoms. The SMILES string of the molecule is CCSCC(C)CCCCCC1CCCC1.